The van der Waals surface area contributed by atoms with Gasteiger partial charge in [0, 0.05) is 18.4 Å². The maximum Gasteiger partial charge on any atom is 0.253 e. The van der Waals surface area contributed by atoms with Crippen LogP contribution in [0.2, 0.25) is 0 Å². The fourth-order valence-corrected chi connectivity index (χ4v) is 2.19. The van der Waals surface area contributed by atoms with Crippen LogP contribution in [0.4, 0.5) is 5.69 Å². The fraction of sp³-hybridized carbons (Fsp3) is 0.133. The molecule has 0 saturated heterocycles. The lowest BCUT2D eigenvalue weighted by Gasteiger charge is -2.09. The summed E-state index contributed by atoms with van der Waals surface area (Å²) in [6, 6.07) is 11.4. The van der Waals surface area contributed by atoms with E-state index >= 15 is 0 Å². The summed E-state index contributed by atoms with van der Waals surface area (Å²) in [7, 11) is 0. The number of aromatic nitrogens is 3. The monoisotopic (exact) mass is 281 g/mol. The molecular weight excluding hydrogens is 266 g/mol. The summed E-state index contributed by atoms with van der Waals surface area (Å²) >= 11 is 0. The second-order valence-electron chi connectivity index (χ2n) is 4.71. The van der Waals surface area contributed by atoms with Crippen LogP contribution in [0, 0.1) is 0 Å². The maximum absolute atomic E-state index is 12.2. The third-order valence-corrected chi connectivity index (χ3v) is 3.26. The normalized spacial score (nSPS) is 10.7. The van der Waals surface area contributed by atoms with E-state index in [2.05, 4.69) is 15.6 Å². The molecule has 106 valence electrons. The molecule has 0 aliphatic heterocycles. The van der Waals surface area contributed by atoms with Crippen LogP contribution in [0.25, 0.3) is 10.8 Å². The molecule has 3 rings (SSSR count). The molecule has 0 saturated carbocycles. The Labute approximate surface area is 121 Å². The summed E-state index contributed by atoms with van der Waals surface area (Å²) in [5, 5.41) is 12.4. The smallest absolute Gasteiger partial charge is 0.253 e. The first-order valence-corrected chi connectivity index (χ1v) is 6.64. The van der Waals surface area contributed by atoms with E-state index < -0.39 is 0 Å². The number of fused-ring (bicyclic) bond motifs is 1. The van der Waals surface area contributed by atoms with Gasteiger partial charge in [-0.05, 0) is 22.9 Å². The van der Waals surface area contributed by atoms with Crippen molar-refractivity contribution >= 4 is 22.4 Å². The molecule has 3 N–H and O–H groups in total. The largest absolute Gasteiger partial charge is 0.398 e. The number of amides is 1. The van der Waals surface area contributed by atoms with Crippen LogP contribution in [-0.4, -0.2) is 27.4 Å². The Balaban J connectivity index is 1.73. The van der Waals surface area contributed by atoms with Gasteiger partial charge in [0.1, 0.15) is 0 Å². The van der Waals surface area contributed by atoms with Crippen LogP contribution in [0.1, 0.15) is 10.4 Å². The van der Waals surface area contributed by atoms with Crippen molar-refractivity contribution in [2.75, 3.05) is 12.3 Å². The van der Waals surface area contributed by atoms with Crippen LogP contribution in [0.15, 0.2) is 48.8 Å². The number of hydrogen-bond acceptors (Lipinski definition) is 4. The Morgan fingerprint density at radius 3 is 2.71 bits per heavy atom. The molecule has 0 aliphatic carbocycles. The molecule has 21 heavy (non-hydrogen) atoms. The molecule has 1 aromatic heterocycles. The number of nitrogens with two attached hydrogens (primary N) is 1. The number of nitrogen functional groups attached to an aromatic ring is 1. The second-order valence-corrected chi connectivity index (χ2v) is 4.71. The number of anilines is 1. The van der Waals surface area contributed by atoms with Crippen LogP contribution < -0.4 is 11.1 Å². The van der Waals surface area contributed by atoms with E-state index in [4.69, 9.17) is 5.73 Å². The molecule has 6 heteroatoms. The van der Waals surface area contributed by atoms with Crippen molar-refractivity contribution in [2.24, 2.45) is 0 Å². The van der Waals surface area contributed by atoms with E-state index in [0.29, 0.717) is 24.3 Å². The van der Waals surface area contributed by atoms with E-state index in [1.54, 1.807) is 17.1 Å². The summed E-state index contributed by atoms with van der Waals surface area (Å²) in [6.07, 6.45) is 3.35. The zero-order valence-electron chi connectivity index (χ0n) is 11.4. The van der Waals surface area contributed by atoms with Crippen molar-refractivity contribution in [3.8, 4) is 0 Å². The van der Waals surface area contributed by atoms with Gasteiger partial charge in [0.15, 0.2) is 0 Å². The van der Waals surface area contributed by atoms with Gasteiger partial charge < -0.3 is 11.1 Å². The topological polar surface area (TPSA) is 85.8 Å². The molecule has 6 nitrogen and oxygen atoms in total. The van der Waals surface area contributed by atoms with Gasteiger partial charge in [-0.15, -0.1) is 5.10 Å². The standard InChI is InChI=1S/C15H15N5O/c16-14-10-12-4-2-1-3-11(12)9-13(14)15(21)17-5-7-20-8-6-18-19-20/h1-4,6,8-10H,5,7,16H2,(H,17,21). The van der Waals surface area contributed by atoms with Crippen LogP contribution in [-0.2, 0) is 6.54 Å². The third kappa shape index (κ3) is 2.84. The van der Waals surface area contributed by atoms with E-state index in [9.17, 15) is 4.79 Å². The minimum atomic E-state index is -0.182. The summed E-state index contributed by atoms with van der Waals surface area (Å²) < 4.78 is 1.66. The predicted molar refractivity (Wildman–Crippen MR) is 80.7 cm³/mol. The average molecular weight is 281 g/mol. The number of carbonyl (C=O) groups is 1. The van der Waals surface area contributed by atoms with Gasteiger partial charge in [-0.1, -0.05) is 29.5 Å². The Kier molecular flexibility index (Phi) is 3.51. The second kappa shape index (κ2) is 5.62. The van der Waals surface area contributed by atoms with E-state index in [0.717, 1.165) is 10.8 Å². The zero-order valence-corrected chi connectivity index (χ0v) is 11.4. The molecule has 0 fully saturated rings. The van der Waals surface area contributed by atoms with Crippen LogP contribution >= 0.6 is 0 Å². The molecule has 0 aliphatic rings. The average Bonchev–Trinajstić information content (AvgIpc) is 2.99. The van der Waals surface area contributed by atoms with Gasteiger partial charge in [-0.2, -0.15) is 0 Å². The predicted octanol–water partition coefficient (Wildman–Crippen LogP) is 1.44. The molecule has 0 atom stereocenters. The van der Waals surface area contributed by atoms with Gasteiger partial charge in [0.2, 0.25) is 0 Å². The lowest BCUT2D eigenvalue weighted by molar-refractivity contribution is 0.0953. The first-order chi connectivity index (χ1) is 10.2. The molecule has 0 spiro atoms. The van der Waals surface area contributed by atoms with Gasteiger partial charge in [0.25, 0.3) is 5.91 Å². The first kappa shape index (κ1) is 13.1. The lowest BCUT2D eigenvalue weighted by Crippen LogP contribution is -2.28. The Hall–Kier alpha value is -2.89. The first-order valence-electron chi connectivity index (χ1n) is 6.64. The van der Waals surface area contributed by atoms with Crippen LogP contribution in [0.5, 0.6) is 0 Å². The summed E-state index contributed by atoms with van der Waals surface area (Å²) in [6.45, 7) is 1.04. The number of benzene rings is 2. The van der Waals surface area contributed by atoms with Crippen molar-refractivity contribution in [1.29, 1.82) is 0 Å². The molecule has 3 aromatic rings. The van der Waals surface area contributed by atoms with E-state index in [-0.39, 0.29) is 5.91 Å². The summed E-state index contributed by atoms with van der Waals surface area (Å²) in [5.41, 5.74) is 6.94. The number of hydrogen-bond donors (Lipinski definition) is 2. The Morgan fingerprint density at radius 1 is 1.24 bits per heavy atom. The molecule has 1 amide bonds. The van der Waals surface area contributed by atoms with Crippen molar-refractivity contribution in [3.63, 3.8) is 0 Å². The fourth-order valence-electron chi connectivity index (χ4n) is 2.19. The minimum absolute atomic E-state index is 0.182. The van der Waals surface area contributed by atoms with Crippen molar-refractivity contribution in [1.82, 2.24) is 20.3 Å². The highest BCUT2D eigenvalue weighted by molar-refractivity contribution is 6.03. The van der Waals surface area contributed by atoms with E-state index in [1.807, 2.05) is 36.4 Å². The highest BCUT2D eigenvalue weighted by Crippen LogP contribution is 2.21. The lowest BCUT2D eigenvalue weighted by atomic mass is 10.0. The van der Waals surface area contributed by atoms with Crippen molar-refractivity contribution in [3.05, 3.63) is 54.4 Å². The maximum atomic E-state index is 12.2. The summed E-state index contributed by atoms with van der Waals surface area (Å²) in [5.74, 6) is -0.182. The van der Waals surface area contributed by atoms with Crippen molar-refractivity contribution < 1.29 is 4.79 Å². The minimum Gasteiger partial charge on any atom is -0.398 e. The van der Waals surface area contributed by atoms with Gasteiger partial charge in [0.05, 0.1) is 18.3 Å². The molecule has 0 radical (unpaired) electrons. The number of nitrogens with one attached hydrogen (secondary N) is 1. The van der Waals surface area contributed by atoms with Crippen molar-refractivity contribution in [2.45, 2.75) is 6.54 Å². The van der Waals surface area contributed by atoms with Gasteiger partial charge in [-0.3, -0.25) is 9.48 Å². The molecule has 1 heterocycles. The highest BCUT2D eigenvalue weighted by Gasteiger charge is 2.10. The zero-order chi connectivity index (χ0) is 14.7. The Bertz CT molecular complexity index is 767. The highest BCUT2D eigenvalue weighted by atomic mass is 16.1. The SMILES string of the molecule is Nc1cc2ccccc2cc1C(=O)NCCn1ccnn1. The molecule has 0 unspecified atom stereocenters. The van der Waals surface area contributed by atoms with E-state index in [1.165, 1.54) is 0 Å². The summed E-state index contributed by atoms with van der Waals surface area (Å²) in [4.78, 5) is 12.2. The van der Waals surface area contributed by atoms with Gasteiger partial charge >= 0.3 is 0 Å². The van der Waals surface area contributed by atoms with Gasteiger partial charge in [-0.25, -0.2) is 0 Å². The Morgan fingerprint density at radius 2 is 2.00 bits per heavy atom. The quantitative estimate of drug-likeness (QED) is 0.709. The number of carbonyl (C=O) groups excluding carboxylic acids is 1. The molecule has 2 aromatic carbocycles. The number of rotatable bonds is 4. The molecule has 0 bridgehead atoms. The number of nitrogens with zero attached hydrogens (tertiary/aromatic N) is 3. The van der Waals surface area contributed by atoms with Crippen LogP contribution in [0.3, 0.4) is 0 Å². The third-order valence-electron chi connectivity index (χ3n) is 3.26. The molecular formula is C15H15N5O.